The highest BCUT2D eigenvalue weighted by Gasteiger charge is 2.35. The maximum Gasteiger partial charge on any atom is 0.408 e. The first kappa shape index (κ1) is 20.6. The second-order valence-corrected chi connectivity index (χ2v) is 7.62. The van der Waals surface area contributed by atoms with Crippen LogP contribution in [0.25, 0.3) is 11.1 Å². The predicted octanol–water partition coefficient (Wildman–Crippen LogP) is 5.11. The number of hydrogen-bond acceptors (Lipinski definition) is 3. The number of ether oxygens (including phenoxy) is 1. The van der Waals surface area contributed by atoms with Crippen LogP contribution in [0.5, 0.6) is 0 Å². The van der Waals surface area contributed by atoms with E-state index in [0.29, 0.717) is 12.8 Å². The summed E-state index contributed by atoms with van der Waals surface area (Å²) in [6.45, 7) is 5.34. The van der Waals surface area contributed by atoms with Crippen molar-refractivity contribution in [3.8, 4) is 11.1 Å². The minimum absolute atomic E-state index is 0.0585. The fourth-order valence-corrected chi connectivity index (χ4v) is 3.85. The molecular formula is C24H27NO4. The Bertz CT molecular complexity index is 862. The van der Waals surface area contributed by atoms with Gasteiger partial charge in [0.05, 0.1) is 0 Å². The van der Waals surface area contributed by atoms with Crippen LogP contribution in [0, 0.1) is 0 Å². The lowest BCUT2D eigenvalue weighted by Crippen LogP contribution is -2.52. The second kappa shape index (κ2) is 8.95. The van der Waals surface area contributed by atoms with Crippen LogP contribution in [0.2, 0.25) is 0 Å². The number of nitrogens with one attached hydrogen (secondary N) is 1. The topological polar surface area (TPSA) is 75.6 Å². The van der Waals surface area contributed by atoms with Crippen molar-refractivity contribution in [2.45, 2.75) is 44.1 Å². The number of unbranched alkanes of at least 4 members (excludes halogenated alkanes) is 2. The number of amides is 1. The van der Waals surface area contributed by atoms with Crippen LogP contribution in [0.1, 0.15) is 49.7 Å². The summed E-state index contributed by atoms with van der Waals surface area (Å²) < 4.78 is 5.48. The zero-order valence-corrected chi connectivity index (χ0v) is 16.7. The Morgan fingerprint density at radius 2 is 1.69 bits per heavy atom. The number of alkyl carbamates (subject to hydrolysis) is 1. The van der Waals surface area contributed by atoms with E-state index >= 15 is 0 Å². The van der Waals surface area contributed by atoms with Gasteiger partial charge in [-0.1, -0.05) is 61.0 Å². The van der Waals surface area contributed by atoms with Crippen LogP contribution >= 0.6 is 0 Å². The number of carboxylic acid groups (broad SMARTS) is 1. The number of hydrogen-bond donors (Lipinski definition) is 2. The maximum atomic E-state index is 12.4. The van der Waals surface area contributed by atoms with Crippen molar-refractivity contribution < 1.29 is 19.4 Å². The molecule has 0 saturated heterocycles. The number of carbonyl (C=O) groups is 2. The molecular weight excluding hydrogens is 366 g/mol. The van der Waals surface area contributed by atoms with Crippen LogP contribution < -0.4 is 5.32 Å². The molecule has 2 N–H and O–H groups in total. The van der Waals surface area contributed by atoms with Gasteiger partial charge in [-0.3, -0.25) is 0 Å². The Labute approximate surface area is 171 Å². The molecule has 0 heterocycles. The molecule has 3 rings (SSSR count). The molecule has 0 radical (unpaired) electrons. The van der Waals surface area contributed by atoms with Crippen molar-refractivity contribution >= 4 is 12.1 Å². The molecule has 0 saturated carbocycles. The Balaban J connectivity index is 1.65. The van der Waals surface area contributed by atoms with Crippen LogP contribution in [-0.4, -0.2) is 29.3 Å². The minimum Gasteiger partial charge on any atom is -0.480 e. The van der Waals surface area contributed by atoms with Gasteiger partial charge in [-0.25, -0.2) is 9.59 Å². The van der Waals surface area contributed by atoms with Crippen molar-refractivity contribution in [1.29, 1.82) is 0 Å². The number of carbonyl (C=O) groups excluding carboxylic acids is 1. The molecule has 1 aliphatic rings. The summed E-state index contributed by atoms with van der Waals surface area (Å²) in [7, 11) is 0. The number of fused-ring (bicyclic) bond motifs is 3. The van der Waals surface area contributed by atoms with E-state index in [2.05, 4.69) is 24.0 Å². The molecule has 0 aromatic heterocycles. The molecule has 1 amide bonds. The first-order valence-electron chi connectivity index (χ1n) is 9.94. The average Bonchev–Trinajstić information content (AvgIpc) is 3.03. The van der Waals surface area contributed by atoms with Gasteiger partial charge in [0.25, 0.3) is 0 Å². The van der Waals surface area contributed by atoms with E-state index in [1.807, 2.05) is 36.4 Å². The quantitative estimate of drug-likeness (QED) is 0.458. The van der Waals surface area contributed by atoms with Crippen molar-refractivity contribution in [3.63, 3.8) is 0 Å². The Morgan fingerprint density at radius 1 is 1.10 bits per heavy atom. The van der Waals surface area contributed by atoms with Crippen LogP contribution in [0.3, 0.4) is 0 Å². The fraction of sp³-hybridized carbons (Fsp3) is 0.333. The van der Waals surface area contributed by atoms with E-state index in [-0.39, 0.29) is 12.5 Å². The summed E-state index contributed by atoms with van der Waals surface area (Å²) in [5.41, 5.74) is 3.17. The number of benzene rings is 2. The molecule has 1 atom stereocenters. The number of allylic oxidation sites excluding steroid dienone is 1. The lowest BCUT2D eigenvalue weighted by atomic mass is 9.94. The number of rotatable bonds is 9. The molecule has 152 valence electrons. The third kappa shape index (κ3) is 4.50. The Kier molecular flexibility index (Phi) is 6.37. The normalized spacial score (nSPS) is 14.4. The summed E-state index contributed by atoms with van der Waals surface area (Å²) in [5, 5.41) is 12.1. The van der Waals surface area contributed by atoms with Crippen LogP contribution in [-0.2, 0) is 9.53 Å². The molecule has 1 aliphatic carbocycles. The van der Waals surface area contributed by atoms with Crippen molar-refractivity contribution in [2.24, 2.45) is 0 Å². The molecule has 0 fully saturated rings. The van der Waals surface area contributed by atoms with Gasteiger partial charge in [0.15, 0.2) is 0 Å². The highest BCUT2D eigenvalue weighted by atomic mass is 16.5. The van der Waals surface area contributed by atoms with E-state index in [1.54, 1.807) is 6.08 Å². The van der Waals surface area contributed by atoms with Gasteiger partial charge in [0, 0.05) is 5.92 Å². The van der Waals surface area contributed by atoms with Crippen molar-refractivity contribution in [1.82, 2.24) is 5.32 Å². The largest absolute Gasteiger partial charge is 0.480 e. The summed E-state index contributed by atoms with van der Waals surface area (Å²) in [6.07, 6.45) is 3.76. The summed E-state index contributed by atoms with van der Waals surface area (Å²) in [5.74, 6) is -1.12. The fourth-order valence-electron chi connectivity index (χ4n) is 3.85. The van der Waals surface area contributed by atoms with E-state index in [0.717, 1.165) is 35.1 Å². The minimum atomic E-state index is -1.36. The molecule has 5 heteroatoms. The summed E-state index contributed by atoms with van der Waals surface area (Å²) in [4.78, 5) is 24.1. The Hall–Kier alpha value is -3.08. The maximum absolute atomic E-state index is 12.4. The second-order valence-electron chi connectivity index (χ2n) is 7.62. The standard InChI is InChI=1S/C24H27NO4/c1-3-4-5-10-15-24(2,22(26)27)25-23(28)29-16-21-19-13-8-6-11-17(19)18-12-7-9-14-20(18)21/h3,6-9,11-14,21H,1,4-5,10,15-16H2,2H3,(H,25,28)(H,26,27). The van der Waals surface area contributed by atoms with Gasteiger partial charge < -0.3 is 15.2 Å². The van der Waals surface area contributed by atoms with Crippen molar-refractivity contribution in [3.05, 3.63) is 72.3 Å². The molecule has 2 aromatic carbocycles. The average molecular weight is 393 g/mol. The third-order valence-electron chi connectivity index (χ3n) is 5.53. The molecule has 0 bridgehead atoms. The van der Waals surface area contributed by atoms with E-state index < -0.39 is 17.6 Å². The van der Waals surface area contributed by atoms with Gasteiger partial charge in [-0.05, 0) is 48.4 Å². The highest BCUT2D eigenvalue weighted by Crippen LogP contribution is 2.44. The highest BCUT2D eigenvalue weighted by molar-refractivity contribution is 5.84. The molecule has 1 unspecified atom stereocenters. The zero-order valence-electron chi connectivity index (χ0n) is 16.7. The summed E-state index contributed by atoms with van der Waals surface area (Å²) >= 11 is 0. The van der Waals surface area contributed by atoms with Gasteiger partial charge in [0.1, 0.15) is 12.1 Å². The SMILES string of the molecule is C=CCCCCC(C)(NC(=O)OCC1c2ccccc2-c2ccccc21)C(=O)O. The zero-order chi connectivity index (χ0) is 20.9. The monoisotopic (exact) mass is 393 g/mol. The van der Waals surface area contributed by atoms with Gasteiger partial charge in [-0.15, -0.1) is 6.58 Å². The molecule has 5 nitrogen and oxygen atoms in total. The van der Waals surface area contributed by atoms with Crippen LogP contribution in [0.15, 0.2) is 61.2 Å². The first-order valence-corrected chi connectivity index (χ1v) is 9.94. The van der Waals surface area contributed by atoms with E-state index in [1.165, 1.54) is 6.92 Å². The lowest BCUT2D eigenvalue weighted by Gasteiger charge is -2.26. The van der Waals surface area contributed by atoms with Gasteiger partial charge in [0.2, 0.25) is 0 Å². The number of carboxylic acids is 1. The van der Waals surface area contributed by atoms with Crippen molar-refractivity contribution in [2.75, 3.05) is 6.61 Å². The molecule has 29 heavy (non-hydrogen) atoms. The van der Waals surface area contributed by atoms with E-state index in [9.17, 15) is 14.7 Å². The van der Waals surface area contributed by atoms with Crippen LogP contribution in [0.4, 0.5) is 4.79 Å². The smallest absolute Gasteiger partial charge is 0.408 e. The molecule has 2 aromatic rings. The summed E-state index contributed by atoms with van der Waals surface area (Å²) in [6, 6.07) is 16.2. The third-order valence-corrected chi connectivity index (χ3v) is 5.53. The first-order chi connectivity index (χ1) is 14.0. The molecule has 0 aliphatic heterocycles. The van der Waals surface area contributed by atoms with Gasteiger partial charge in [-0.2, -0.15) is 0 Å². The predicted molar refractivity (Wildman–Crippen MR) is 113 cm³/mol. The Morgan fingerprint density at radius 3 is 2.24 bits per heavy atom. The molecule has 0 spiro atoms. The number of aliphatic carboxylic acids is 1. The lowest BCUT2D eigenvalue weighted by molar-refractivity contribution is -0.144. The van der Waals surface area contributed by atoms with E-state index in [4.69, 9.17) is 4.74 Å². The van der Waals surface area contributed by atoms with Gasteiger partial charge >= 0.3 is 12.1 Å².